The highest BCUT2D eigenvalue weighted by atomic mass is 16.6. The van der Waals surface area contributed by atoms with Gasteiger partial charge >= 0.3 is 6.47 Å². The highest BCUT2D eigenvalue weighted by Gasteiger charge is 2.36. The van der Waals surface area contributed by atoms with Gasteiger partial charge in [0.25, 0.3) is 0 Å². The summed E-state index contributed by atoms with van der Waals surface area (Å²) >= 11 is 0. The molecular weight excluding hydrogens is 276 g/mol. The van der Waals surface area contributed by atoms with Crippen LogP contribution in [0.15, 0.2) is 0 Å². The fraction of sp³-hybridized carbons (Fsp3) is 0.947. The number of hydrogen-bond donors (Lipinski definition) is 0. The summed E-state index contributed by atoms with van der Waals surface area (Å²) in [6.45, 7) is 4.26. The zero-order chi connectivity index (χ0) is 15.9. The van der Waals surface area contributed by atoms with Crippen LogP contribution in [0.3, 0.4) is 0 Å². The van der Waals surface area contributed by atoms with Gasteiger partial charge in [-0.3, -0.25) is 0 Å². The van der Waals surface area contributed by atoms with Gasteiger partial charge in [-0.2, -0.15) is 0 Å². The summed E-state index contributed by atoms with van der Waals surface area (Å²) in [4.78, 5) is 9.84. The normalized spacial score (nSPS) is 20.0. The molecule has 2 atom stereocenters. The molecule has 1 radical (unpaired) electrons. The second kappa shape index (κ2) is 14.0. The van der Waals surface area contributed by atoms with Crippen molar-refractivity contribution >= 4 is 6.47 Å². The predicted molar refractivity (Wildman–Crippen MR) is 90.6 cm³/mol. The molecular formula is C19H35O3. The van der Waals surface area contributed by atoms with Gasteiger partial charge in [0, 0.05) is 0 Å². The van der Waals surface area contributed by atoms with E-state index < -0.39 is 0 Å². The molecule has 0 aromatic carbocycles. The molecule has 1 aliphatic heterocycles. The van der Waals surface area contributed by atoms with E-state index in [-0.39, 0.29) is 0 Å². The summed E-state index contributed by atoms with van der Waals surface area (Å²) in [6, 6.07) is 0. The van der Waals surface area contributed by atoms with Crippen molar-refractivity contribution in [1.82, 2.24) is 0 Å². The van der Waals surface area contributed by atoms with Crippen LogP contribution in [0.1, 0.15) is 96.8 Å². The standard InChI is InChI=1S/C19H35O3/c1-2-3-4-5-8-11-14-18-19(22-18)15-12-9-6-7-10-13-16-21-17-20/h18-19H,2-16H2,1H3. The summed E-state index contributed by atoms with van der Waals surface area (Å²) in [5, 5.41) is 0. The maximum Gasteiger partial charge on any atom is 0.417 e. The third kappa shape index (κ3) is 11.1. The van der Waals surface area contributed by atoms with Gasteiger partial charge in [0.05, 0.1) is 18.8 Å². The molecule has 0 saturated carbocycles. The Morgan fingerprint density at radius 2 is 1.27 bits per heavy atom. The first-order valence-electron chi connectivity index (χ1n) is 9.53. The van der Waals surface area contributed by atoms with Gasteiger partial charge in [0.2, 0.25) is 0 Å². The molecule has 1 heterocycles. The molecule has 0 aliphatic carbocycles. The Labute approximate surface area is 137 Å². The lowest BCUT2D eigenvalue weighted by atomic mass is 10.0. The smallest absolute Gasteiger partial charge is 0.417 e. The molecule has 2 unspecified atom stereocenters. The topological polar surface area (TPSA) is 38.8 Å². The van der Waals surface area contributed by atoms with Crippen molar-refractivity contribution in [2.24, 2.45) is 0 Å². The fourth-order valence-electron chi connectivity index (χ4n) is 3.08. The quantitative estimate of drug-likeness (QED) is 0.269. The Bertz CT molecular complexity index is 255. The molecule has 22 heavy (non-hydrogen) atoms. The van der Waals surface area contributed by atoms with Crippen LogP contribution in [0.2, 0.25) is 0 Å². The lowest BCUT2D eigenvalue weighted by Gasteiger charge is -2.01. The van der Waals surface area contributed by atoms with Gasteiger partial charge in [-0.1, -0.05) is 77.6 Å². The molecule has 3 nitrogen and oxygen atoms in total. The predicted octanol–water partition coefficient (Wildman–Crippen LogP) is 5.32. The van der Waals surface area contributed by atoms with Gasteiger partial charge in [0.15, 0.2) is 0 Å². The van der Waals surface area contributed by atoms with Crippen LogP contribution in [-0.2, 0) is 14.3 Å². The van der Waals surface area contributed by atoms with Crippen molar-refractivity contribution in [1.29, 1.82) is 0 Å². The number of unbranched alkanes of at least 4 members (excludes halogenated alkanes) is 10. The molecule has 1 rings (SSSR count). The van der Waals surface area contributed by atoms with E-state index in [9.17, 15) is 4.79 Å². The Hall–Kier alpha value is -0.570. The van der Waals surface area contributed by atoms with E-state index in [1.165, 1.54) is 83.5 Å². The van der Waals surface area contributed by atoms with Crippen molar-refractivity contribution in [3.8, 4) is 0 Å². The second-order valence-electron chi connectivity index (χ2n) is 6.61. The minimum Gasteiger partial charge on any atom is -0.457 e. The Morgan fingerprint density at radius 1 is 0.773 bits per heavy atom. The zero-order valence-corrected chi connectivity index (χ0v) is 14.5. The molecule has 0 aromatic rings. The molecule has 1 aliphatic rings. The number of rotatable bonds is 17. The number of epoxide rings is 1. The lowest BCUT2D eigenvalue weighted by molar-refractivity contribution is 0.268. The molecule has 129 valence electrons. The SMILES string of the molecule is CCCCCCCCC1OC1CCCCCCCCO[C]=O. The Morgan fingerprint density at radius 3 is 1.82 bits per heavy atom. The molecule has 0 amide bonds. The molecule has 3 heteroatoms. The number of carbonyl (C=O) groups excluding carboxylic acids is 1. The van der Waals surface area contributed by atoms with E-state index in [0.29, 0.717) is 18.8 Å². The second-order valence-corrected chi connectivity index (χ2v) is 6.61. The van der Waals surface area contributed by atoms with Crippen LogP contribution in [0.5, 0.6) is 0 Å². The Balaban J connectivity index is 1.74. The molecule has 0 spiro atoms. The number of ether oxygens (including phenoxy) is 2. The van der Waals surface area contributed by atoms with Crippen LogP contribution >= 0.6 is 0 Å². The van der Waals surface area contributed by atoms with Crippen molar-refractivity contribution in [3.63, 3.8) is 0 Å². The van der Waals surface area contributed by atoms with E-state index in [0.717, 1.165) is 12.8 Å². The fourth-order valence-corrected chi connectivity index (χ4v) is 3.08. The van der Waals surface area contributed by atoms with Crippen LogP contribution in [-0.4, -0.2) is 25.3 Å². The number of hydrogen-bond acceptors (Lipinski definition) is 3. The third-order valence-corrected chi connectivity index (χ3v) is 4.57. The summed E-state index contributed by atoms with van der Waals surface area (Å²) < 4.78 is 10.3. The largest absolute Gasteiger partial charge is 0.457 e. The highest BCUT2D eigenvalue weighted by Crippen LogP contribution is 2.31. The highest BCUT2D eigenvalue weighted by molar-refractivity contribution is 5.37. The van der Waals surface area contributed by atoms with Crippen LogP contribution in [0.4, 0.5) is 0 Å². The van der Waals surface area contributed by atoms with Gasteiger partial charge in [0.1, 0.15) is 0 Å². The van der Waals surface area contributed by atoms with Crippen LogP contribution in [0.25, 0.3) is 0 Å². The van der Waals surface area contributed by atoms with Crippen molar-refractivity contribution in [2.75, 3.05) is 6.61 Å². The van der Waals surface area contributed by atoms with E-state index >= 15 is 0 Å². The first-order chi connectivity index (χ1) is 10.9. The van der Waals surface area contributed by atoms with Crippen LogP contribution in [0, 0.1) is 0 Å². The molecule has 0 N–H and O–H groups in total. The minimum atomic E-state index is 0.527. The lowest BCUT2D eigenvalue weighted by Crippen LogP contribution is -1.95. The average Bonchev–Trinajstić information content (AvgIpc) is 3.27. The van der Waals surface area contributed by atoms with Crippen LogP contribution < -0.4 is 0 Å². The summed E-state index contributed by atoms with van der Waals surface area (Å²) in [6.07, 6.45) is 19.3. The van der Waals surface area contributed by atoms with Crippen molar-refractivity contribution in [2.45, 2.75) is 109 Å². The van der Waals surface area contributed by atoms with Gasteiger partial charge in [-0.15, -0.1) is 0 Å². The molecule has 1 saturated heterocycles. The van der Waals surface area contributed by atoms with E-state index in [4.69, 9.17) is 4.74 Å². The maximum atomic E-state index is 9.84. The summed E-state index contributed by atoms with van der Waals surface area (Å²) in [5.74, 6) is 0. The first kappa shape index (κ1) is 19.5. The van der Waals surface area contributed by atoms with Gasteiger partial charge in [-0.05, 0) is 19.3 Å². The Kier molecular flexibility index (Phi) is 12.4. The molecule has 0 bridgehead atoms. The van der Waals surface area contributed by atoms with E-state index in [1.54, 1.807) is 0 Å². The monoisotopic (exact) mass is 311 g/mol. The summed E-state index contributed by atoms with van der Waals surface area (Å²) in [7, 11) is 0. The van der Waals surface area contributed by atoms with Gasteiger partial charge in [-0.25, -0.2) is 4.79 Å². The van der Waals surface area contributed by atoms with Crippen molar-refractivity contribution < 1.29 is 14.3 Å². The maximum absolute atomic E-state index is 9.84. The van der Waals surface area contributed by atoms with E-state index in [2.05, 4.69) is 11.7 Å². The average molecular weight is 311 g/mol. The minimum absolute atomic E-state index is 0.527. The first-order valence-corrected chi connectivity index (χ1v) is 9.53. The molecule has 1 fully saturated rings. The van der Waals surface area contributed by atoms with Gasteiger partial charge < -0.3 is 9.47 Å². The van der Waals surface area contributed by atoms with Crippen molar-refractivity contribution in [3.05, 3.63) is 0 Å². The zero-order valence-electron chi connectivity index (χ0n) is 14.5. The molecule has 0 aromatic heterocycles. The summed E-state index contributed by atoms with van der Waals surface area (Å²) in [5.41, 5.74) is 0. The van der Waals surface area contributed by atoms with E-state index in [1.807, 2.05) is 0 Å². The third-order valence-electron chi connectivity index (χ3n) is 4.57.